The fourth-order valence-corrected chi connectivity index (χ4v) is 2.33. The number of hydrogen-bond donors (Lipinski definition) is 1. The zero-order valence-electron chi connectivity index (χ0n) is 12.6. The maximum atomic E-state index is 13.2. The van der Waals surface area contributed by atoms with Gasteiger partial charge in [0.05, 0.1) is 5.92 Å². The van der Waals surface area contributed by atoms with Crippen molar-refractivity contribution in [3.05, 3.63) is 35.6 Å². The van der Waals surface area contributed by atoms with E-state index in [1.165, 1.54) is 12.1 Å². The largest absolute Gasteiger partial charge is 0.338 e. The molecule has 3 nitrogen and oxygen atoms in total. The van der Waals surface area contributed by atoms with E-state index in [1.54, 1.807) is 11.0 Å². The highest BCUT2D eigenvalue weighted by Crippen LogP contribution is 2.16. The molecule has 0 saturated heterocycles. The van der Waals surface area contributed by atoms with Gasteiger partial charge in [-0.05, 0) is 37.0 Å². The molecule has 0 aromatic heterocycles. The average molecular weight is 280 g/mol. The van der Waals surface area contributed by atoms with Gasteiger partial charge >= 0.3 is 0 Å². The fraction of sp³-hybridized carbons (Fsp3) is 0.562. The van der Waals surface area contributed by atoms with E-state index in [9.17, 15) is 9.18 Å². The Kier molecular flexibility index (Phi) is 6.65. The predicted octanol–water partition coefficient (Wildman–Crippen LogP) is 2.80. The molecule has 0 radical (unpaired) electrons. The molecule has 0 aliphatic heterocycles. The summed E-state index contributed by atoms with van der Waals surface area (Å²) in [6, 6.07) is 6.37. The first-order valence-corrected chi connectivity index (χ1v) is 7.21. The van der Waals surface area contributed by atoms with Crippen molar-refractivity contribution < 1.29 is 9.18 Å². The highest BCUT2D eigenvalue weighted by atomic mass is 19.1. The van der Waals surface area contributed by atoms with Gasteiger partial charge in [0.15, 0.2) is 0 Å². The van der Waals surface area contributed by atoms with Crippen LogP contribution in [0.2, 0.25) is 0 Å². The zero-order valence-corrected chi connectivity index (χ0v) is 12.6. The van der Waals surface area contributed by atoms with E-state index < -0.39 is 0 Å². The Labute approximate surface area is 121 Å². The number of benzene rings is 1. The first-order valence-electron chi connectivity index (χ1n) is 7.21. The summed E-state index contributed by atoms with van der Waals surface area (Å²) in [5.41, 5.74) is 6.53. The fourth-order valence-electron chi connectivity index (χ4n) is 2.33. The van der Waals surface area contributed by atoms with Crippen molar-refractivity contribution in [2.45, 2.75) is 33.7 Å². The van der Waals surface area contributed by atoms with E-state index >= 15 is 0 Å². The van der Waals surface area contributed by atoms with Gasteiger partial charge in [-0.2, -0.15) is 0 Å². The van der Waals surface area contributed by atoms with Crippen LogP contribution in [-0.2, 0) is 11.3 Å². The summed E-state index contributed by atoms with van der Waals surface area (Å²) in [5, 5.41) is 0. The second-order valence-electron chi connectivity index (χ2n) is 5.54. The molecule has 0 aliphatic rings. The molecule has 1 atom stereocenters. The summed E-state index contributed by atoms with van der Waals surface area (Å²) in [7, 11) is 0. The monoisotopic (exact) mass is 280 g/mol. The van der Waals surface area contributed by atoms with E-state index in [4.69, 9.17) is 5.73 Å². The van der Waals surface area contributed by atoms with E-state index in [1.807, 2.05) is 13.0 Å². The second-order valence-corrected chi connectivity index (χ2v) is 5.54. The minimum absolute atomic E-state index is 0.0629. The summed E-state index contributed by atoms with van der Waals surface area (Å²) in [6.07, 6.45) is 0.787. The Morgan fingerprint density at radius 3 is 2.60 bits per heavy atom. The van der Waals surface area contributed by atoms with Gasteiger partial charge in [-0.25, -0.2) is 4.39 Å². The zero-order chi connectivity index (χ0) is 15.1. The molecule has 112 valence electrons. The standard InChI is InChI=1S/C16H25FN2O/c1-4-19(11-13-6-5-7-15(17)9-13)16(20)14(10-18)8-12(2)3/h5-7,9,12,14H,4,8,10-11,18H2,1-3H3. The third-order valence-corrected chi connectivity index (χ3v) is 3.35. The van der Waals surface area contributed by atoms with E-state index in [0.717, 1.165) is 12.0 Å². The number of carbonyl (C=O) groups is 1. The van der Waals surface area contributed by atoms with E-state index in [-0.39, 0.29) is 17.6 Å². The number of nitrogens with zero attached hydrogens (tertiary/aromatic N) is 1. The van der Waals surface area contributed by atoms with Crippen molar-refractivity contribution in [1.82, 2.24) is 4.90 Å². The lowest BCUT2D eigenvalue weighted by Crippen LogP contribution is -2.39. The Hall–Kier alpha value is -1.42. The molecule has 0 aliphatic carbocycles. The van der Waals surface area contributed by atoms with Crippen LogP contribution in [0.5, 0.6) is 0 Å². The summed E-state index contributed by atoms with van der Waals surface area (Å²) >= 11 is 0. The summed E-state index contributed by atoms with van der Waals surface area (Å²) in [6.45, 7) is 7.49. The molecule has 1 aromatic rings. The second kappa shape index (κ2) is 8.00. The van der Waals surface area contributed by atoms with Crippen LogP contribution in [0.1, 0.15) is 32.8 Å². The van der Waals surface area contributed by atoms with E-state index in [2.05, 4.69) is 13.8 Å². The molecule has 0 saturated carbocycles. The van der Waals surface area contributed by atoms with Gasteiger partial charge in [0.2, 0.25) is 5.91 Å². The molecular weight excluding hydrogens is 255 g/mol. The lowest BCUT2D eigenvalue weighted by Gasteiger charge is -2.26. The smallest absolute Gasteiger partial charge is 0.227 e. The molecule has 0 bridgehead atoms. The van der Waals surface area contributed by atoms with Crippen LogP contribution in [0.4, 0.5) is 4.39 Å². The molecule has 1 unspecified atom stereocenters. The van der Waals surface area contributed by atoms with Crippen LogP contribution in [0.25, 0.3) is 0 Å². The van der Waals surface area contributed by atoms with Crippen LogP contribution >= 0.6 is 0 Å². The van der Waals surface area contributed by atoms with E-state index in [0.29, 0.717) is 25.6 Å². The third kappa shape index (κ3) is 4.93. The number of hydrogen-bond acceptors (Lipinski definition) is 2. The highest BCUT2D eigenvalue weighted by molar-refractivity contribution is 5.79. The van der Waals surface area contributed by atoms with Gasteiger partial charge in [-0.15, -0.1) is 0 Å². The first-order chi connectivity index (χ1) is 9.47. The van der Waals surface area contributed by atoms with Gasteiger partial charge in [0.25, 0.3) is 0 Å². The normalized spacial score (nSPS) is 12.5. The number of amides is 1. The lowest BCUT2D eigenvalue weighted by atomic mass is 9.95. The van der Waals surface area contributed by atoms with Crippen LogP contribution in [0.15, 0.2) is 24.3 Å². The summed E-state index contributed by atoms with van der Waals surface area (Å²) in [4.78, 5) is 14.2. The minimum atomic E-state index is -0.274. The first kappa shape index (κ1) is 16.6. The van der Waals surface area contributed by atoms with Crippen LogP contribution in [0.3, 0.4) is 0 Å². The Balaban J connectivity index is 2.76. The van der Waals surface area contributed by atoms with Gasteiger partial charge in [-0.3, -0.25) is 4.79 Å². The minimum Gasteiger partial charge on any atom is -0.338 e. The van der Waals surface area contributed by atoms with Gasteiger partial charge in [0, 0.05) is 19.6 Å². The topological polar surface area (TPSA) is 46.3 Å². The Bertz CT molecular complexity index is 434. The highest BCUT2D eigenvalue weighted by Gasteiger charge is 2.23. The molecule has 1 aromatic carbocycles. The van der Waals surface area contributed by atoms with Gasteiger partial charge < -0.3 is 10.6 Å². The molecule has 1 rings (SSSR count). The van der Waals surface area contributed by atoms with Crippen molar-refractivity contribution in [3.8, 4) is 0 Å². The number of nitrogens with two attached hydrogens (primary N) is 1. The molecule has 1 amide bonds. The molecule has 0 heterocycles. The van der Waals surface area contributed by atoms with Gasteiger partial charge in [-0.1, -0.05) is 26.0 Å². The summed E-state index contributed by atoms with van der Waals surface area (Å²) < 4.78 is 13.2. The van der Waals surface area contributed by atoms with Gasteiger partial charge in [0.1, 0.15) is 5.82 Å². The molecule has 0 fully saturated rings. The molecular formula is C16H25FN2O. The number of halogens is 1. The molecule has 0 spiro atoms. The van der Waals surface area contributed by atoms with Crippen LogP contribution in [0, 0.1) is 17.7 Å². The number of carbonyl (C=O) groups excluding carboxylic acids is 1. The van der Waals surface area contributed by atoms with Crippen LogP contribution < -0.4 is 5.73 Å². The third-order valence-electron chi connectivity index (χ3n) is 3.35. The SMILES string of the molecule is CCN(Cc1cccc(F)c1)C(=O)C(CN)CC(C)C. The Morgan fingerprint density at radius 1 is 1.40 bits per heavy atom. The van der Waals surface area contributed by atoms with Crippen molar-refractivity contribution >= 4 is 5.91 Å². The average Bonchev–Trinajstić information content (AvgIpc) is 2.41. The van der Waals surface area contributed by atoms with Crippen molar-refractivity contribution in [2.75, 3.05) is 13.1 Å². The number of rotatable bonds is 7. The van der Waals surface area contributed by atoms with Crippen molar-refractivity contribution in [3.63, 3.8) is 0 Å². The molecule has 4 heteroatoms. The molecule has 2 N–H and O–H groups in total. The Morgan fingerprint density at radius 2 is 2.10 bits per heavy atom. The summed E-state index contributed by atoms with van der Waals surface area (Å²) in [5.74, 6) is 0.0698. The predicted molar refractivity (Wildman–Crippen MR) is 79.5 cm³/mol. The lowest BCUT2D eigenvalue weighted by molar-refractivity contribution is -0.136. The molecule has 20 heavy (non-hydrogen) atoms. The van der Waals surface area contributed by atoms with Crippen LogP contribution in [-0.4, -0.2) is 23.9 Å². The van der Waals surface area contributed by atoms with Crippen molar-refractivity contribution in [2.24, 2.45) is 17.6 Å². The maximum Gasteiger partial charge on any atom is 0.227 e. The maximum absolute atomic E-state index is 13.2. The van der Waals surface area contributed by atoms with Crippen molar-refractivity contribution in [1.29, 1.82) is 0 Å². The quantitative estimate of drug-likeness (QED) is 0.835.